The van der Waals surface area contributed by atoms with Gasteiger partial charge in [0, 0.05) is 11.8 Å². The number of benzene rings is 2. The van der Waals surface area contributed by atoms with E-state index in [9.17, 15) is 17.4 Å². The van der Waals surface area contributed by atoms with E-state index in [0.717, 1.165) is 0 Å². The Morgan fingerprint density at radius 3 is 2.56 bits per heavy atom. The first kappa shape index (κ1) is 18.9. The van der Waals surface area contributed by atoms with Gasteiger partial charge in [-0.25, -0.2) is 4.21 Å². The van der Waals surface area contributed by atoms with Gasteiger partial charge in [-0.1, -0.05) is 23.4 Å². The Balaban J connectivity index is 1.99. The molecule has 6 nitrogen and oxygen atoms in total. The first-order valence-corrected chi connectivity index (χ1v) is 9.49. The number of ether oxygens (including phenoxy) is 1. The van der Waals surface area contributed by atoms with Crippen molar-refractivity contribution in [1.29, 1.82) is 0 Å². The highest BCUT2D eigenvalue weighted by Crippen LogP contribution is 2.31. The molecule has 0 saturated carbocycles. The number of aromatic nitrogens is 2. The van der Waals surface area contributed by atoms with E-state index in [1.165, 1.54) is 25.5 Å². The van der Waals surface area contributed by atoms with Gasteiger partial charge in [-0.3, -0.25) is 0 Å². The van der Waals surface area contributed by atoms with Crippen LogP contribution in [0.25, 0.3) is 11.4 Å². The Labute approximate surface area is 153 Å². The van der Waals surface area contributed by atoms with Crippen LogP contribution in [0.5, 0.6) is 5.75 Å². The highest BCUT2D eigenvalue weighted by molar-refractivity contribution is 7.93. The second-order valence-corrected chi connectivity index (χ2v) is 7.80. The molecule has 0 N–H and O–H groups in total. The molecule has 0 saturated heterocycles. The van der Waals surface area contributed by atoms with Crippen LogP contribution in [0, 0.1) is 0 Å². The molecule has 3 rings (SSSR count). The number of methoxy groups -OCH3 is 1. The third-order valence-electron chi connectivity index (χ3n) is 3.53. The predicted molar refractivity (Wildman–Crippen MR) is 92.2 cm³/mol. The molecule has 3 aromatic rings. The van der Waals surface area contributed by atoms with Gasteiger partial charge in [-0.2, -0.15) is 22.5 Å². The van der Waals surface area contributed by atoms with Gasteiger partial charge in [0.25, 0.3) is 0 Å². The average Bonchev–Trinajstić information content (AvgIpc) is 3.12. The van der Waals surface area contributed by atoms with Crippen molar-refractivity contribution < 1.29 is 26.6 Å². The van der Waals surface area contributed by atoms with Crippen LogP contribution in [0.2, 0.25) is 0 Å². The van der Waals surface area contributed by atoms with Crippen molar-refractivity contribution in [2.75, 3.05) is 13.4 Å². The standard InChI is InChI=1S/C17H14F3N3O3S/c1-25-13-7-4-8-14(10-13)27(2,24)23-12-6-3-5-11(9-12)15-21-16(26-22-15)17(18,19)20/h3-10H,1-2H3. The first-order chi connectivity index (χ1) is 12.7. The van der Waals surface area contributed by atoms with Crippen LogP contribution in [-0.4, -0.2) is 27.7 Å². The summed E-state index contributed by atoms with van der Waals surface area (Å²) in [5, 5.41) is 3.34. The average molecular weight is 397 g/mol. The number of halogens is 3. The Hall–Kier alpha value is -2.88. The van der Waals surface area contributed by atoms with Gasteiger partial charge in [0.1, 0.15) is 5.75 Å². The molecule has 0 aliphatic heterocycles. The molecule has 0 aliphatic carbocycles. The largest absolute Gasteiger partial charge is 0.497 e. The van der Waals surface area contributed by atoms with Crippen LogP contribution < -0.4 is 4.74 Å². The number of nitrogens with zero attached hydrogens (tertiary/aromatic N) is 3. The van der Waals surface area contributed by atoms with Crippen molar-refractivity contribution in [3.63, 3.8) is 0 Å². The summed E-state index contributed by atoms with van der Waals surface area (Å²) >= 11 is 0. The minimum absolute atomic E-state index is 0.233. The van der Waals surface area contributed by atoms with Crippen molar-refractivity contribution in [3.05, 3.63) is 54.4 Å². The van der Waals surface area contributed by atoms with Crippen molar-refractivity contribution in [2.24, 2.45) is 4.36 Å². The normalized spacial score (nSPS) is 13.8. The van der Waals surface area contributed by atoms with Crippen molar-refractivity contribution >= 4 is 15.4 Å². The summed E-state index contributed by atoms with van der Waals surface area (Å²) < 4.78 is 64.4. The van der Waals surface area contributed by atoms with Crippen molar-refractivity contribution in [2.45, 2.75) is 11.1 Å². The maximum absolute atomic E-state index is 13.0. The number of alkyl halides is 3. The van der Waals surface area contributed by atoms with E-state index in [0.29, 0.717) is 16.3 Å². The number of hydrogen-bond donors (Lipinski definition) is 0. The lowest BCUT2D eigenvalue weighted by Crippen LogP contribution is -2.04. The third-order valence-corrected chi connectivity index (χ3v) is 5.22. The van der Waals surface area contributed by atoms with E-state index >= 15 is 0 Å². The molecule has 0 amide bonds. The summed E-state index contributed by atoms with van der Waals surface area (Å²) in [7, 11) is -1.31. The fourth-order valence-electron chi connectivity index (χ4n) is 2.25. The minimum Gasteiger partial charge on any atom is -0.497 e. The molecule has 142 valence electrons. The maximum Gasteiger partial charge on any atom is 0.471 e. The zero-order chi connectivity index (χ0) is 19.7. The maximum atomic E-state index is 13.0. The van der Waals surface area contributed by atoms with Crippen LogP contribution in [0.1, 0.15) is 5.89 Å². The molecule has 2 aromatic carbocycles. The summed E-state index contributed by atoms with van der Waals surface area (Å²) in [5.41, 5.74) is 0.567. The van der Waals surface area contributed by atoms with Gasteiger partial charge < -0.3 is 9.26 Å². The van der Waals surface area contributed by atoms with Crippen LogP contribution in [-0.2, 0) is 15.9 Å². The summed E-state index contributed by atoms with van der Waals surface area (Å²) in [5.74, 6) is -1.13. The molecule has 0 spiro atoms. The number of rotatable bonds is 4. The van der Waals surface area contributed by atoms with E-state index in [-0.39, 0.29) is 11.4 Å². The molecular weight excluding hydrogens is 383 g/mol. The fourth-order valence-corrected chi connectivity index (χ4v) is 3.54. The van der Waals surface area contributed by atoms with Crippen LogP contribution in [0.3, 0.4) is 0 Å². The molecule has 10 heteroatoms. The van der Waals surface area contributed by atoms with Crippen LogP contribution >= 0.6 is 0 Å². The smallest absolute Gasteiger partial charge is 0.471 e. The van der Waals surface area contributed by atoms with Crippen molar-refractivity contribution in [3.8, 4) is 17.1 Å². The van der Waals surface area contributed by atoms with Gasteiger partial charge in [-0.15, -0.1) is 0 Å². The van der Waals surface area contributed by atoms with E-state index in [1.54, 1.807) is 36.4 Å². The van der Waals surface area contributed by atoms with Gasteiger partial charge in [0.15, 0.2) is 0 Å². The Morgan fingerprint density at radius 1 is 1.15 bits per heavy atom. The molecule has 1 unspecified atom stereocenters. The lowest BCUT2D eigenvalue weighted by atomic mass is 10.2. The second kappa shape index (κ2) is 7.03. The predicted octanol–water partition coefficient (Wildman–Crippen LogP) is 4.55. The van der Waals surface area contributed by atoms with Crippen LogP contribution in [0.4, 0.5) is 18.9 Å². The molecule has 0 aliphatic rings. The van der Waals surface area contributed by atoms with Gasteiger partial charge >= 0.3 is 12.1 Å². The monoisotopic (exact) mass is 397 g/mol. The lowest BCUT2D eigenvalue weighted by molar-refractivity contribution is -0.159. The molecule has 1 atom stereocenters. The summed E-state index contributed by atoms with van der Waals surface area (Å²) in [4.78, 5) is 3.80. The fraction of sp³-hybridized carbons (Fsp3) is 0.176. The van der Waals surface area contributed by atoms with E-state index in [1.807, 2.05) is 0 Å². The summed E-state index contributed by atoms with van der Waals surface area (Å²) in [6, 6.07) is 12.8. The first-order valence-electron chi connectivity index (χ1n) is 7.56. The topological polar surface area (TPSA) is 77.6 Å². The van der Waals surface area contributed by atoms with E-state index < -0.39 is 21.8 Å². The van der Waals surface area contributed by atoms with Crippen molar-refractivity contribution in [1.82, 2.24) is 10.1 Å². The lowest BCUT2D eigenvalue weighted by Gasteiger charge is -2.07. The van der Waals surface area contributed by atoms with E-state index in [4.69, 9.17) is 4.74 Å². The zero-order valence-corrected chi connectivity index (χ0v) is 15.0. The highest BCUT2D eigenvalue weighted by atomic mass is 32.2. The molecule has 27 heavy (non-hydrogen) atoms. The quantitative estimate of drug-likeness (QED) is 0.645. The third kappa shape index (κ3) is 4.27. The number of hydrogen-bond acceptors (Lipinski definition) is 6. The van der Waals surface area contributed by atoms with Gasteiger partial charge in [0.2, 0.25) is 5.82 Å². The molecule has 0 radical (unpaired) electrons. The Morgan fingerprint density at radius 2 is 1.89 bits per heavy atom. The molecule has 0 bridgehead atoms. The van der Waals surface area contributed by atoms with E-state index in [2.05, 4.69) is 19.0 Å². The molecule has 0 fully saturated rings. The minimum atomic E-state index is -4.72. The molecule has 1 heterocycles. The SMILES string of the molecule is COc1cccc(S(C)(=O)=Nc2cccc(-c3noc(C(F)(F)F)n3)c2)c1. The van der Waals surface area contributed by atoms with Gasteiger partial charge in [0.05, 0.1) is 27.4 Å². The summed E-state index contributed by atoms with van der Waals surface area (Å²) in [6.45, 7) is 0. The van der Waals surface area contributed by atoms with Gasteiger partial charge in [-0.05, 0) is 30.3 Å². The zero-order valence-electron chi connectivity index (χ0n) is 14.2. The summed E-state index contributed by atoms with van der Waals surface area (Å²) in [6.07, 6.45) is -3.26. The highest BCUT2D eigenvalue weighted by Gasteiger charge is 2.38. The second-order valence-electron chi connectivity index (χ2n) is 5.54. The Kier molecular flexibility index (Phi) is 4.92. The molecule has 1 aromatic heterocycles. The molecular formula is C17H14F3N3O3S. The Bertz CT molecular complexity index is 1090. The van der Waals surface area contributed by atoms with Crippen LogP contribution in [0.15, 0.2) is 62.3 Å².